The predicted octanol–water partition coefficient (Wildman–Crippen LogP) is 3.08. The molecule has 22 heavy (non-hydrogen) atoms. The number of unbranched alkanes of at least 4 members (excludes halogenated alkanes) is 1. The van der Waals surface area contributed by atoms with Gasteiger partial charge in [0.25, 0.3) is 5.91 Å². The summed E-state index contributed by atoms with van der Waals surface area (Å²) in [4.78, 5) is 28.7. The number of hydrogen-bond acceptors (Lipinski definition) is 2. The Balaban J connectivity index is 1.79. The van der Waals surface area contributed by atoms with Gasteiger partial charge in [0.1, 0.15) is 6.04 Å². The number of halogens is 1. The third-order valence-electron chi connectivity index (χ3n) is 4.02. The van der Waals surface area contributed by atoms with E-state index in [9.17, 15) is 9.59 Å². The lowest BCUT2D eigenvalue weighted by Crippen LogP contribution is -2.33. The molecule has 1 fully saturated rings. The summed E-state index contributed by atoms with van der Waals surface area (Å²) in [5.74, 6) is -0.144. The van der Waals surface area contributed by atoms with Crippen LogP contribution >= 0.6 is 11.6 Å². The van der Waals surface area contributed by atoms with Crippen molar-refractivity contribution < 1.29 is 9.59 Å². The molecule has 5 nitrogen and oxygen atoms in total. The number of nitrogens with one attached hydrogen (secondary N) is 2. The van der Waals surface area contributed by atoms with Crippen molar-refractivity contribution in [3.63, 3.8) is 0 Å². The van der Waals surface area contributed by atoms with Gasteiger partial charge in [-0.15, -0.1) is 0 Å². The Morgan fingerprint density at radius 1 is 1.32 bits per heavy atom. The number of aromatic nitrogens is 1. The number of carbonyl (C=O) groups is 2. The van der Waals surface area contributed by atoms with Crippen molar-refractivity contribution in [2.45, 2.75) is 32.2 Å². The molecule has 1 saturated heterocycles. The maximum Gasteiger partial charge on any atom is 0.324 e. The normalized spacial score (nSPS) is 18.3. The first-order valence-electron chi connectivity index (χ1n) is 7.48. The largest absolute Gasteiger partial charge is 0.360 e. The van der Waals surface area contributed by atoms with Gasteiger partial charge in [-0.25, -0.2) is 4.79 Å². The van der Waals surface area contributed by atoms with Crippen molar-refractivity contribution in [2.75, 3.05) is 6.54 Å². The number of imide groups is 1. The zero-order valence-corrected chi connectivity index (χ0v) is 13.1. The van der Waals surface area contributed by atoms with Crippen LogP contribution in [0.1, 0.15) is 25.3 Å². The van der Waals surface area contributed by atoms with Crippen LogP contribution in [-0.2, 0) is 11.2 Å². The van der Waals surface area contributed by atoms with E-state index >= 15 is 0 Å². The number of rotatable bonds is 5. The molecule has 0 spiro atoms. The van der Waals surface area contributed by atoms with Crippen molar-refractivity contribution in [1.29, 1.82) is 0 Å². The molecule has 3 rings (SSSR count). The summed E-state index contributed by atoms with van der Waals surface area (Å²) in [6, 6.07) is 4.87. The molecule has 3 amide bonds. The molecule has 2 aromatic rings. The quantitative estimate of drug-likeness (QED) is 0.832. The number of urea groups is 1. The first kappa shape index (κ1) is 14.9. The van der Waals surface area contributed by atoms with Crippen molar-refractivity contribution >= 4 is 34.4 Å². The molecule has 116 valence electrons. The first-order valence-corrected chi connectivity index (χ1v) is 7.86. The molecule has 1 unspecified atom stereocenters. The fourth-order valence-electron chi connectivity index (χ4n) is 2.81. The van der Waals surface area contributed by atoms with Crippen molar-refractivity contribution in [1.82, 2.24) is 15.2 Å². The molecule has 1 aromatic carbocycles. The van der Waals surface area contributed by atoms with E-state index in [1.54, 1.807) is 0 Å². The number of aromatic amines is 1. The third kappa shape index (κ3) is 2.57. The Hall–Kier alpha value is -2.01. The molecule has 1 atom stereocenters. The minimum Gasteiger partial charge on any atom is -0.360 e. The van der Waals surface area contributed by atoms with Gasteiger partial charge < -0.3 is 10.3 Å². The van der Waals surface area contributed by atoms with Crippen LogP contribution in [0.5, 0.6) is 0 Å². The van der Waals surface area contributed by atoms with Crippen LogP contribution in [0.3, 0.4) is 0 Å². The second-order valence-corrected chi connectivity index (χ2v) is 5.93. The van der Waals surface area contributed by atoms with Gasteiger partial charge in [0, 0.05) is 24.5 Å². The highest BCUT2D eigenvalue weighted by Crippen LogP contribution is 2.26. The van der Waals surface area contributed by atoms with Gasteiger partial charge in [-0.3, -0.25) is 9.69 Å². The lowest BCUT2D eigenvalue weighted by atomic mass is 10.0. The van der Waals surface area contributed by atoms with Crippen molar-refractivity contribution in [2.24, 2.45) is 0 Å². The third-order valence-corrected chi connectivity index (χ3v) is 4.33. The van der Waals surface area contributed by atoms with E-state index in [0.29, 0.717) is 18.0 Å². The second kappa shape index (κ2) is 6.01. The molecule has 0 saturated carbocycles. The molecule has 0 aliphatic carbocycles. The Bertz CT molecular complexity index is 725. The van der Waals surface area contributed by atoms with E-state index in [-0.39, 0.29) is 11.9 Å². The Kier molecular flexibility index (Phi) is 4.07. The van der Waals surface area contributed by atoms with Gasteiger partial charge in [-0.1, -0.05) is 37.1 Å². The van der Waals surface area contributed by atoms with Crippen LogP contribution in [0.2, 0.25) is 5.02 Å². The minimum atomic E-state index is -0.498. The summed E-state index contributed by atoms with van der Waals surface area (Å²) in [7, 11) is 0. The number of fused-ring (bicyclic) bond motifs is 1. The number of benzene rings is 1. The molecule has 1 aliphatic heterocycles. The second-order valence-electron chi connectivity index (χ2n) is 5.53. The van der Waals surface area contributed by atoms with Gasteiger partial charge in [0.2, 0.25) is 0 Å². The fraction of sp³-hybridized carbons (Fsp3) is 0.375. The first-order chi connectivity index (χ1) is 10.6. The predicted molar refractivity (Wildman–Crippen MR) is 86.0 cm³/mol. The smallest absolute Gasteiger partial charge is 0.324 e. The van der Waals surface area contributed by atoms with Gasteiger partial charge in [0.05, 0.1) is 10.5 Å². The van der Waals surface area contributed by atoms with Gasteiger partial charge >= 0.3 is 6.03 Å². The molecular weight excluding hydrogens is 302 g/mol. The highest BCUT2D eigenvalue weighted by atomic mass is 35.5. The average molecular weight is 320 g/mol. The summed E-state index contributed by atoms with van der Waals surface area (Å²) >= 11 is 6.14. The van der Waals surface area contributed by atoms with E-state index in [2.05, 4.69) is 10.3 Å². The van der Waals surface area contributed by atoms with Gasteiger partial charge in [-0.05, 0) is 18.1 Å². The van der Waals surface area contributed by atoms with E-state index in [1.807, 2.05) is 31.3 Å². The van der Waals surface area contributed by atoms with E-state index in [4.69, 9.17) is 11.6 Å². The van der Waals surface area contributed by atoms with Crippen LogP contribution in [0.25, 0.3) is 10.9 Å². The molecular formula is C16H18ClN3O2. The van der Waals surface area contributed by atoms with E-state index < -0.39 is 6.04 Å². The lowest BCUT2D eigenvalue weighted by Gasteiger charge is -2.11. The zero-order chi connectivity index (χ0) is 15.7. The number of H-pyrrole nitrogens is 1. The van der Waals surface area contributed by atoms with Crippen molar-refractivity contribution in [3.8, 4) is 0 Å². The maximum atomic E-state index is 12.4. The van der Waals surface area contributed by atoms with E-state index in [1.165, 1.54) is 4.90 Å². The van der Waals surface area contributed by atoms with Crippen LogP contribution in [0, 0.1) is 0 Å². The van der Waals surface area contributed by atoms with E-state index in [0.717, 1.165) is 29.3 Å². The molecule has 1 aromatic heterocycles. The lowest BCUT2D eigenvalue weighted by molar-refractivity contribution is -0.127. The standard InChI is InChI=1S/C16H18ClN3O2/c1-2-3-7-20-15(21)13(19-16(20)22)8-10-9-18-14-11(10)5-4-6-12(14)17/h4-6,9,13,18H,2-3,7-8H2,1H3,(H,19,22). The zero-order valence-electron chi connectivity index (χ0n) is 12.4. The summed E-state index contributed by atoms with van der Waals surface area (Å²) in [5.41, 5.74) is 1.84. The Morgan fingerprint density at radius 2 is 2.14 bits per heavy atom. The molecule has 6 heteroatoms. The van der Waals surface area contributed by atoms with Crippen molar-refractivity contribution in [3.05, 3.63) is 35.0 Å². The SMILES string of the molecule is CCCCN1C(=O)NC(Cc2c[nH]c3c(Cl)cccc23)C1=O. The summed E-state index contributed by atoms with van der Waals surface area (Å²) in [6.45, 7) is 2.52. The molecule has 0 bridgehead atoms. The monoisotopic (exact) mass is 319 g/mol. The number of amides is 3. The topological polar surface area (TPSA) is 65.2 Å². The molecule has 1 aliphatic rings. The van der Waals surface area contributed by atoms with Crippen LogP contribution in [-0.4, -0.2) is 34.4 Å². The number of nitrogens with zero attached hydrogens (tertiary/aromatic N) is 1. The molecule has 2 N–H and O–H groups in total. The molecule has 0 radical (unpaired) electrons. The Morgan fingerprint density at radius 3 is 2.91 bits per heavy atom. The van der Waals surface area contributed by atoms with Gasteiger partial charge in [0.15, 0.2) is 0 Å². The Labute approximate surface area is 133 Å². The number of para-hydroxylation sites is 1. The van der Waals surface area contributed by atoms with Crippen LogP contribution < -0.4 is 5.32 Å². The summed E-state index contributed by atoms with van der Waals surface area (Å²) < 4.78 is 0. The van der Waals surface area contributed by atoms with Gasteiger partial charge in [-0.2, -0.15) is 0 Å². The molecule has 2 heterocycles. The summed E-state index contributed by atoms with van der Waals surface area (Å²) in [5, 5.41) is 4.41. The van der Waals surface area contributed by atoms with Crippen LogP contribution in [0.15, 0.2) is 24.4 Å². The number of hydrogen-bond donors (Lipinski definition) is 2. The highest BCUT2D eigenvalue weighted by Gasteiger charge is 2.37. The summed E-state index contributed by atoms with van der Waals surface area (Å²) in [6.07, 6.45) is 4.09. The number of carbonyl (C=O) groups excluding carboxylic acids is 2. The average Bonchev–Trinajstić information content (AvgIpc) is 3.02. The highest BCUT2D eigenvalue weighted by molar-refractivity contribution is 6.35. The fourth-order valence-corrected chi connectivity index (χ4v) is 3.04. The maximum absolute atomic E-state index is 12.4. The minimum absolute atomic E-state index is 0.144. The van der Waals surface area contributed by atoms with Crippen LogP contribution in [0.4, 0.5) is 4.79 Å².